The number of ether oxygens (including phenoxy) is 1. The highest BCUT2D eigenvalue weighted by molar-refractivity contribution is 6.03. The van der Waals surface area contributed by atoms with Gasteiger partial charge in [-0.15, -0.1) is 0 Å². The quantitative estimate of drug-likeness (QED) is 0.794. The van der Waals surface area contributed by atoms with Crippen LogP contribution in [0.25, 0.3) is 10.9 Å². The molecule has 110 valence electrons. The van der Waals surface area contributed by atoms with Crippen LogP contribution in [0.4, 0.5) is 13.2 Å². The van der Waals surface area contributed by atoms with Gasteiger partial charge in [0.1, 0.15) is 0 Å². The minimum atomic E-state index is -4.28. The minimum Gasteiger partial charge on any atom is -0.465 e. The summed E-state index contributed by atoms with van der Waals surface area (Å²) in [4.78, 5) is 15.8. The summed E-state index contributed by atoms with van der Waals surface area (Å²) in [6.07, 6.45) is -2.69. The van der Waals surface area contributed by atoms with Crippen LogP contribution in [0.15, 0.2) is 30.5 Å². The van der Waals surface area contributed by atoms with E-state index in [1.54, 1.807) is 0 Å². The second-order valence-electron chi connectivity index (χ2n) is 5.16. The van der Waals surface area contributed by atoms with Crippen molar-refractivity contribution in [3.05, 3.63) is 41.6 Å². The molecule has 0 N–H and O–H groups in total. The van der Waals surface area contributed by atoms with Gasteiger partial charge in [0.15, 0.2) is 0 Å². The fourth-order valence-electron chi connectivity index (χ4n) is 2.59. The molecule has 0 unspecified atom stereocenters. The Morgan fingerprint density at radius 3 is 2.57 bits per heavy atom. The standard InChI is InChI=1S/C15H12F3NO2/c1-21-13(20)10-4-7-19-12-3-2-9(8-11(10)12)14(5-6-14)15(16,17)18/h2-4,7-8H,5-6H2,1H3. The molecule has 6 heteroatoms. The van der Waals surface area contributed by atoms with Gasteiger partial charge in [0.2, 0.25) is 0 Å². The lowest BCUT2D eigenvalue weighted by molar-refractivity contribution is -0.160. The van der Waals surface area contributed by atoms with E-state index < -0.39 is 17.6 Å². The third-order valence-corrected chi connectivity index (χ3v) is 3.99. The number of carbonyl (C=O) groups is 1. The molecule has 3 rings (SSSR count). The number of halogens is 3. The van der Waals surface area contributed by atoms with Gasteiger partial charge in [0.25, 0.3) is 0 Å². The van der Waals surface area contributed by atoms with E-state index in [9.17, 15) is 18.0 Å². The molecule has 0 atom stereocenters. The van der Waals surface area contributed by atoms with Crippen molar-refractivity contribution in [1.29, 1.82) is 0 Å². The fourth-order valence-corrected chi connectivity index (χ4v) is 2.59. The van der Waals surface area contributed by atoms with Crippen LogP contribution in [0.1, 0.15) is 28.8 Å². The Hall–Kier alpha value is -2.11. The third kappa shape index (κ3) is 2.05. The topological polar surface area (TPSA) is 39.2 Å². The fraction of sp³-hybridized carbons (Fsp3) is 0.333. The molecule has 1 heterocycles. The number of hydrogen-bond donors (Lipinski definition) is 0. The van der Waals surface area contributed by atoms with Gasteiger partial charge in [-0.25, -0.2) is 4.79 Å². The van der Waals surface area contributed by atoms with E-state index in [-0.39, 0.29) is 24.0 Å². The number of alkyl halides is 3. The molecular formula is C15H12F3NO2. The molecule has 1 aromatic carbocycles. The first-order valence-electron chi connectivity index (χ1n) is 6.43. The first kappa shape index (κ1) is 13.9. The van der Waals surface area contributed by atoms with Crippen LogP contribution < -0.4 is 0 Å². The summed E-state index contributed by atoms with van der Waals surface area (Å²) in [6, 6.07) is 5.82. The summed E-state index contributed by atoms with van der Waals surface area (Å²) in [5.74, 6) is -0.587. The number of hydrogen-bond acceptors (Lipinski definition) is 3. The zero-order chi connectivity index (χ0) is 15.3. The van der Waals surface area contributed by atoms with Crippen molar-refractivity contribution in [2.75, 3.05) is 7.11 Å². The monoisotopic (exact) mass is 295 g/mol. The van der Waals surface area contributed by atoms with E-state index in [1.807, 2.05) is 0 Å². The van der Waals surface area contributed by atoms with E-state index >= 15 is 0 Å². The van der Waals surface area contributed by atoms with Crippen LogP contribution in [0, 0.1) is 0 Å². The largest absolute Gasteiger partial charge is 0.465 e. The Labute approximate surface area is 118 Å². The Balaban J connectivity index is 2.18. The van der Waals surface area contributed by atoms with Crippen LogP contribution in [0.3, 0.4) is 0 Å². The van der Waals surface area contributed by atoms with E-state index in [1.165, 1.54) is 37.6 Å². The maximum atomic E-state index is 13.2. The molecule has 0 amide bonds. The van der Waals surface area contributed by atoms with Crippen LogP contribution in [0.5, 0.6) is 0 Å². The maximum absolute atomic E-state index is 13.2. The van der Waals surface area contributed by atoms with Crippen molar-refractivity contribution in [2.45, 2.75) is 24.4 Å². The number of aromatic nitrogens is 1. The van der Waals surface area contributed by atoms with Crippen molar-refractivity contribution >= 4 is 16.9 Å². The Bertz CT molecular complexity index is 720. The van der Waals surface area contributed by atoms with Crippen LogP contribution in [-0.4, -0.2) is 24.2 Å². The molecule has 1 fully saturated rings. The van der Waals surface area contributed by atoms with Gasteiger partial charge in [-0.1, -0.05) is 6.07 Å². The van der Waals surface area contributed by atoms with E-state index in [4.69, 9.17) is 0 Å². The number of rotatable bonds is 2. The van der Waals surface area contributed by atoms with Crippen LogP contribution in [-0.2, 0) is 10.2 Å². The second kappa shape index (κ2) is 4.44. The van der Waals surface area contributed by atoms with E-state index in [0.29, 0.717) is 10.9 Å². The number of fused-ring (bicyclic) bond motifs is 1. The first-order valence-corrected chi connectivity index (χ1v) is 6.43. The summed E-state index contributed by atoms with van der Waals surface area (Å²) < 4.78 is 44.3. The van der Waals surface area contributed by atoms with Gasteiger partial charge in [-0.3, -0.25) is 4.98 Å². The Morgan fingerprint density at radius 1 is 1.29 bits per heavy atom. The molecule has 2 aromatic rings. The minimum absolute atomic E-state index is 0.0792. The summed E-state index contributed by atoms with van der Waals surface area (Å²) in [5, 5.41) is 0.386. The average Bonchev–Trinajstić information content (AvgIpc) is 3.26. The number of esters is 1. The molecule has 1 aliphatic carbocycles. The summed E-state index contributed by atoms with van der Waals surface area (Å²) in [6.45, 7) is 0. The van der Waals surface area contributed by atoms with Crippen molar-refractivity contribution in [1.82, 2.24) is 4.98 Å². The Kier molecular flexibility index (Phi) is 2.93. The molecule has 0 radical (unpaired) electrons. The Morgan fingerprint density at radius 2 is 2.00 bits per heavy atom. The second-order valence-corrected chi connectivity index (χ2v) is 5.16. The molecule has 0 aliphatic heterocycles. The summed E-state index contributed by atoms with van der Waals surface area (Å²) in [7, 11) is 1.23. The highest BCUT2D eigenvalue weighted by Gasteiger charge is 2.64. The number of benzene rings is 1. The first-order chi connectivity index (χ1) is 9.89. The van der Waals surface area contributed by atoms with Crippen molar-refractivity contribution in [3.63, 3.8) is 0 Å². The number of carbonyl (C=O) groups excluding carboxylic acids is 1. The summed E-state index contributed by atoms with van der Waals surface area (Å²) in [5.41, 5.74) is -0.896. The number of nitrogens with zero attached hydrogens (tertiary/aromatic N) is 1. The SMILES string of the molecule is COC(=O)c1ccnc2ccc(C3(C(F)(F)F)CC3)cc12. The van der Waals surface area contributed by atoms with Crippen molar-refractivity contribution in [3.8, 4) is 0 Å². The van der Waals surface area contributed by atoms with Gasteiger partial charge >= 0.3 is 12.1 Å². The lowest BCUT2D eigenvalue weighted by Gasteiger charge is -2.20. The predicted octanol–water partition coefficient (Wildman–Crippen LogP) is 3.62. The van der Waals surface area contributed by atoms with Crippen LogP contribution >= 0.6 is 0 Å². The van der Waals surface area contributed by atoms with Crippen molar-refractivity contribution < 1.29 is 22.7 Å². The molecule has 0 spiro atoms. The van der Waals surface area contributed by atoms with Crippen molar-refractivity contribution in [2.24, 2.45) is 0 Å². The molecule has 0 bridgehead atoms. The highest BCUT2D eigenvalue weighted by atomic mass is 19.4. The molecular weight excluding hydrogens is 283 g/mol. The van der Waals surface area contributed by atoms with Gasteiger partial charge < -0.3 is 4.74 Å². The zero-order valence-electron chi connectivity index (χ0n) is 11.2. The van der Waals surface area contributed by atoms with Gasteiger partial charge in [0.05, 0.1) is 23.6 Å². The molecule has 1 aromatic heterocycles. The van der Waals surface area contributed by atoms with Crippen LogP contribution in [0.2, 0.25) is 0 Å². The number of methoxy groups -OCH3 is 1. The zero-order valence-corrected chi connectivity index (χ0v) is 11.2. The van der Waals surface area contributed by atoms with Gasteiger partial charge in [-0.05, 0) is 36.6 Å². The maximum Gasteiger partial charge on any atom is 0.398 e. The molecule has 21 heavy (non-hydrogen) atoms. The molecule has 1 aliphatic rings. The normalized spacial score (nSPS) is 16.8. The van der Waals surface area contributed by atoms with E-state index in [0.717, 1.165) is 0 Å². The highest BCUT2D eigenvalue weighted by Crippen LogP contribution is 2.59. The lowest BCUT2D eigenvalue weighted by Crippen LogP contribution is -2.28. The molecule has 1 saturated carbocycles. The predicted molar refractivity (Wildman–Crippen MR) is 70.0 cm³/mol. The van der Waals surface area contributed by atoms with E-state index in [2.05, 4.69) is 9.72 Å². The van der Waals surface area contributed by atoms with Gasteiger partial charge in [0, 0.05) is 11.6 Å². The smallest absolute Gasteiger partial charge is 0.398 e. The number of pyridine rings is 1. The molecule has 3 nitrogen and oxygen atoms in total. The van der Waals surface area contributed by atoms with Gasteiger partial charge in [-0.2, -0.15) is 13.2 Å². The molecule has 0 saturated heterocycles. The lowest BCUT2D eigenvalue weighted by atomic mass is 9.93. The summed E-state index contributed by atoms with van der Waals surface area (Å²) >= 11 is 0. The average molecular weight is 295 g/mol. The third-order valence-electron chi connectivity index (χ3n) is 3.99.